The van der Waals surface area contributed by atoms with Crippen molar-refractivity contribution in [1.82, 2.24) is 5.32 Å². The van der Waals surface area contributed by atoms with Crippen LogP contribution in [0.5, 0.6) is 0 Å². The first-order chi connectivity index (χ1) is 28.1. The molecule has 8 aliphatic rings. The molecule has 0 aromatic rings. The molecule has 8 aliphatic carbocycles. The highest BCUT2D eigenvalue weighted by Gasteiger charge is 2.34. The van der Waals surface area contributed by atoms with Crippen molar-refractivity contribution in [2.45, 2.75) is 162 Å². The summed E-state index contributed by atoms with van der Waals surface area (Å²) in [6.45, 7) is 9.95. The van der Waals surface area contributed by atoms with E-state index in [9.17, 15) is 0 Å². The second kappa shape index (κ2) is 19.6. The van der Waals surface area contributed by atoms with Gasteiger partial charge in [0.15, 0.2) is 0 Å². The monoisotopic (exact) mass is 762 g/mol. The van der Waals surface area contributed by atoms with Gasteiger partial charge in [0.1, 0.15) is 0 Å². The second-order valence-corrected chi connectivity index (χ2v) is 19.2. The summed E-state index contributed by atoms with van der Waals surface area (Å²) in [4.78, 5) is 0. The fraction of sp³-hybridized carbons (Fsp3) is 0.571. The molecule has 0 heterocycles. The maximum absolute atomic E-state index is 4.15. The Bertz CT molecular complexity index is 1830. The molecule has 0 saturated heterocycles. The van der Waals surface area contributed by atoms with Gasteiger partial charge in [-0.15, -0.1) is 6.58 Å². The van der Waals surface area contributed by atoms with Crippen LogP contribution in [0.25, 0.3) is 0 Å². The first-order valence-corrected chi connectivity index (χ1v) is 24.1. The van der Waals surface area contributed by atoms with Crippen LogP contribution in [-0.2, 0) is 0 Å². The van der Waals surface area contributed by atoms with Crippen LogP contribution >= 0.6 is 0 Å². The summed E-state index contributed by atoms with van der Waals surface area (Å²) in [6, 6.07) is 0. The van der Waals surface area contributed by atoms with E-state index in [1.54, 1.807) is 61.4 Å². The normalized spacial score (nSPS) is 29.9. The van der Waals surface area contributed by atoms with Crippen molar-refractivity contribution in [3.8, 4) is 0 Å². The maximum Gasteiger partial charge on any atom is 0.0366 e. The number of hydrogen-bond acceptors (Lipinski definition) is 1. The Morgan fingerprint density at radius 3 is 2.53 bits per heavy atom. The molecular weight excluding hydrogens is 687 g/mol. The van der Waals surface area contributed by atoms with E-state index in [1.807, 2.05) is 0 Å². The van der Waals surface area contributed by atoms with Gasteiger partial charge in [0, 0.05) is 18.2 Å². The minimum Gasteiger partial charge on any atom is -0.385 e. The zero-order valence-electron chi connectivity index (χ0n) is 36.1. The highest BCUT2D eigenvalue weighted by atomic mass is 14.9. The predicted molar refractivity (Wildman–Crippen MR) is 246 cm³/mol. The van der Waals surface area contributed by atoms with Crippen molar-refractivity contribution in [1.29, 1.82) is 0 Å². The lowest BCUT2D eigenvalue weighted by Gasteiger charge is -2.38. The fourth-order valence-corrected chi connectivity index (χ4v) is 12.7. The van der Waals surface area contributed by atoms with Crippen molar-refractivity contribution < 1.29 is 0 Å². The molecule has 57 heavy (non-hydrogen) atoms. The summed E-state index contributed by atoms with van der Waals surface area (Å²) in [5.41, 5.74) is 18.0. The molecular formula is C56H75N. The van der Waals surface area contributed by atoms with E-state index in [-0.39, 0.29) is 0 Å². The Morgan fingerprint density at radius 2 is 1.67 bits per heavy atom. The molecule has 1 fully saturated rings. The molecule has 1 N–H and O–H groups in total. The average Bonchev–Trinajstić information content (AvgIpc) is 3.27. The SMILES string of the molecule is C=CCCC(CCC)C1CC=C[C@H](/C(=C/C=C(\C)C2CCC(C3=CC=C(C4=C5C=CCCC5=CCC4)CC3)=C3C=CCCC32)CNC2=C3CCCCC3CCC2)C1. The highest BCUT2D eigenvalue weighted by Crippen LogP contribution is 2.48. The first kappa shape index (κ1) is 40.5. The van der Waals surface area contributed by atoms with Crippen LogP contribution in [-0.4, -0.2) is 6.54 Å². The lowest BCUT2D eigenvalue weighted by Crippen LogP contribution is -2.28. The molecule has 0 aliphatic heterocycles. The van der Waals surface area contributed by atoms with Crippen molar-refractivity contribution in [3.05, 3.63) is 141 Å². The van der Waals surface area contributed by atoms with Gasteiger partial charge in [0.2, 0.25) is 0 Å². The Hall–Kier alpha value is -3.32. The summed E-state index contributed by atoms with van der Waals surface area (Å²) >= 11 is 0. The molecule has 5 unspecified atom stereocenters. The fourth-order valence-electron chi connectivity index (χ4n) is 12.7. The quantitative estimate of drug-likeness (QED) is 0.137. The predicted octanol–water partition coefficient (Wildman–Crippen LogP) is 15.7. The molecule has 0 bridgehead atoms. The summed E-state index contributed by atoms with van der Waals surface area (Å²) in [5, 5.41) is 4.15. The van der Waals surface area contributed by atoms with E-state index in [2.05, 4.69) is 98.7 Å². The van der Waals surface area contributed by atoms with Crippen molar-refractivity contribution in [3.63, 3.8) is 0 Å². The summed E-state index contributed by atoms with van der Waals surface area (Å²) in [6.07, 6.45) is 59.4. The Morgan fingerprint density at radius 1 is 0.807 bits per heavy atom. The van der Waals surface area contributed by atoms with Gasteiger partial charge in [0.05, 0.1) is 0 Å². The molecule has 0 radical (unpaired) electrons. The van der Waals surface area contributed by atoms with Gasteiger partial charge >= 0.3 is 0 Å². The van der Waals surface area contributed by atoms with Gasteiger partial charge < -0.3 is 5.32 Å². The van der Waals surface area contributed by atoms with Gasteiger partial charge in [-0.1, -0.05) is 105 Å². The molecule has 304 valence electrons. The van der Waals surface area contributed by atoms with Crippen molar-refractivity contribution >= 4 is 0 Å². The Labute approximate surface area is 348 Å². The third kappa shape index (κ3) is 9.45. The molecule has 1 saturated carbocycles. The molecule has 1 heteroatoms. The molecule has 0 spiro atoms. The topological polar surface area (TPSA) is 12.0 Å². The van der Waals surface area contributed by atoms with Crippen molar-refractivity contribution in [2.75, 3.05) is 6.54 Å². The second-order valence-electron chi connectivity index (χ2n) is 19.2. The third-order valence-corrected chi connectivity index (χ3v) is 15.8. The smallest absolute Gasteiger partial charge is 0.0366 e. The Kier molecular flexibility index (Phi) is 13.9. The number of rotatable bonds is 14. The van der Waals surface area contributed by atoms with Gasteiger partial charge in [-0.3, -0.25) is 0 Å². The van der Waals surface area contributed by atoms with E-state index in [0.717, 1.165) is 30.7 Å². The van der Waals surface area contributed by atoms with Crippen molar-refractivity contribution in [2.24, 2.45) is 35.5 Å². The largest absolute Gasteiger partial charge is 0.385 e. The van der Waals surface area contributed by atoms with Gasteiger partial charge in [-0.2, -0.15) is 0 Å². The average molecular weight is 762 g/mol. The van der Waals surface area contributed by atoms with Crippen LogP contribution in [0, 0.1) is 35.5 Å². The lowest BCUT2D eigenvalue weighted by atomic mass is 9.66. The van der Waals surface area contributed by atoms with Crippen LogP contribution in [0.2, 0.25) is 0 Å². The molecule has 1 nitrogen and oxygen atoms in total. The highest BCUT2D eigenvalue weighted by molar-refractivity contribution is 5.57. The zero-order valence-corrected chi connectivity index (χ0v) is 36.1. The van der Waals surface area contributed by atoms with Gasteiger partial charge in [-0.25, -0.2) is 0 Å². The lowest BCUT2D eigenvalue weighted by molar-refractivity contribution is 0.255. The van der Waals surface area contributed by atoms with E-state index in [4.69, 9.17) is 0 Å². The Balaban J connectivity index is 1.04. The summed E-state index contributed by atoms with van der Waals surface area (Å²) in [5.74, 6) is 4.26. The number of allylic oxidation sites excluding steroid dienone is 22. The van der Waals surface area contributed by atoms with Crippen LogP contribution in [0.4, 0.5) is 0 Å². The zero-order chi connectivity index (χ0) is 39.0. The molecule has 6 atom stereocenters. The third-order valence-electron chi connectivity index (χ3n) is 15.8. The number of hydrogen-bond donors (Lipinski definition) is 1. The van der Waals surface area contributed by atoms with Crippen LogP contribution in [0.3, 0.4) is 0 Å². The van der Waals surface area contributed by atoms with Crippen LogP contribution in [0.1, 0.15) is 162 Å². The summed E-state index contributed by atoms with van der Waals surface area (Å²) in [7, 11) is 0. The molecule has 0 aromatic carbocycles. The number of fused-ring (bicyclic) bond motifs is 3. The minimum atomic E-state index is 0.531. The van der Waals surface area contributed by atoms with Crippen LogP contribution < -0.4 is 5.32 Å². The van der Waals surface area contributed by atoms with Gasteiger partial charge in [-0.05, 0) is 215 Å². The van der Waals surface area contributed by atoms with E-state index in [1.165, 1.54) is 141 Å². The summed E-state index contributed by atoms with van der Waals surface area (Å²) < 4.78 is 0. The van der Waals surface area contributed by atoms with Crippen LogP contribution in [0.15, 0.2) is 141 Å². The molecule has 0 amide bonds. The van der Waals surface area contributed by atoms with E-state index >= 15 is 0 Å². The number of nitrogens with one attached hydrogen (secondary N) is 1. The van der Waals surface area contributed by atoms with E-state index in [0.29, 0.717) is 17.8 Å². The molecule has 0 aromatic heterocycles. The molecule has 8 rings (SSSR count). The van der Waals surface area contributed by atoms with Gasteiger partial charge in [0.25, 0.3) is 0 Å². The maximum atomic E-state index is 4.15. The first-order valence-electron chi connectivity index (χ1n) is 24.1. The minimum absolute atomic E-state index is 0.531. The standard InChI is InChI=1S/C56H75N/c1-4-6-17-41(16-5-2)46-22-13-23-47(38-46)48(39-57-56-29-15-21-43-19-8-10-25-53(43)56)31-30-40(3)49-36-37-52(55-27-12-11-26-54(49)55)45-34-32-44(33-35-45)51-28-14-20-42-18-7-9-24-50(42)51/h4,9,12-13,20,23-24,27,30-32,34,41,43,46-47,49,54,57H,1,5-8,10-11,14-19,21-22,25-26,28-29,33,35-39H2,2-3H3/b40-30+,48-31+/t41?,43?,46?,47-,49?,54?/m0/s1. The van der Waals surface area contributed by atoms with E-state index < -0.39 is 0 Å².